The number of pyridine rings is 1. The van der Waals surface area contributed by atoms with E-state index in [0.717, 1.165) is 0 Å². The van der Waals surface area contributed by atoms with Gasteiger partial charge < -0.3 is 10.6 Å². The maximum atomic E-state index is 12.2. The van der Waals surface area contributed by atoms with Crippen LogP contribution in [-0.4, -0.2) is 38.9 Å². The van der Waals surface area contributed by atoms with Gasteiger partial charge >= 0.3 is 0 Å². The monoisotopic (exact) mass is 284 g/mol. The van der Waals surface area contributed by atoms with Crippen LogP contribution in [0.25, 0.3) is 0 Å². The first-order valence-corrected chi connectivity index (χ1v) is 7.42. The number of rotatable bonds is 4. The lowest BCUT2D eigenvalue weighted by molar-refractivity contribution is -0.122. The van der Waals surface area contributed by atoms with Crippen LogP contribution in [0.15, 0.2) is 23.2 Å². The Bertz CT molecular complexity index is 563. The molecule has 1 aromatic heterocycles. The first kappa shape index (κ1) is 13.8. The van der Waals surface area contributed by atoms with Crippen LogP contribution >= 0.6 is 0 Å². The van der Waals surface area contributed by atoms with E-state index < -0.39 is 10.0 Å². The van der Waals surface area contributed by atoms with Crippen molar-refractivity contribution in [2.24, 2.45) is 0 Å². The van der Waals surface area contributed by atoms with Gasteiger partial charge in [-0.2, -0.15) is 0 Å². The highest BCUT2D eigenvalue weighted by molar-refractivity contribution is 7.89. The summed E-state index contributed by atoms with van der Waals surface area (Å²) >= 11 is 0. The number of aromatic nitrogens is 1. The number of piperidine rings is 1. The minimum absolute atomic E-state index is 0.0446. The summed E-state index contributed by atoms with van der Waals surface area (Å²) in [6, 6.07) is 2.63. The smallest absolute Gasteiger partial charge is 0.241 e. The molecule has 1 aliphatic rings. The Labute approximate surface area is 111 Å². The second kappa shape index (κ2) is 5.54. The summed E-state index contributed by atoms with van der Waals surface area (Å²) in [7, 11) is -1.92. The molecule has 19 heavy (non-hydrogen) atoms. The summed E-state index contributed by atoms with van der Waals surface area (Å²) in [5.74, 6) is 0.441. The van der Waals surface area contributed by atoms with Crippen LogP contribution in [0.3, 0.4) is 0 Å². The van der Waals surface area contributed by atoms with Gasteiger partial charge in [-0.3, -0.25) is 4.79 Å². The van der Waals surface area contributed by atoms with E-state index in [1.165, 1.54) is 18.3 Å². The molecule has 1 amide bonds. The van der Waals surface area contributed by atoms with E-state index in [1.807, 2.05) is 0 Å². The molecule has 0 bridgehead atoms. The average molecular weight is 284 g/mol. The van der Waals surface area contributed by atoms with Crippen LogP contribution in [0.1, 0.15) is 12.8 Å². The molecule has 0 saturated carbocycles. The van der Waals surface area contributed by atoms with Crippen LogP contribution in [0.2, 0.25) is 0 Å². The van der Waals surface area contributed by atoms with Gasteiger partial charge in [0, 0.05) is 38.3 Å². The standard InChI is InChI=1S/C11H16N4O3S/c1-12-10-6-9(4-5-13-10)19(17,18)15-8-2-3-11(16)14-7-8/h4-6,8,15H,2-3,7H2,1H3,(H,12,13)(H,14,16). The highest BCUT2D eigenvalue weighted by Crippen LogP contribution is 2.14. The molecule has 0 aliphatic carbocycles. The summed E-state index contributed by atoms with van der Waals surface area (Å²) in [4.78, 5) is 15.1. The van der Waals surface area contributed by atoms with Crippen molar-refractivity contribution < 1.29 is 13.2 Å². The fourth-order valence-corrected chi connectivity index (χ4v) is 3.12. The minimum atomic E-state index is -3.59. The predicted octanol–water partition coefficient (Wildman–Crippen LogP) is -0.320. The Morgan fingerprint density at radius 2 is 2.26 bits per heavy atom. The summed E-state index contributed by atoms with van der Waals surface area (Å²) in [5.41, 5.74) is 0. The van der Waals surface area contributed by atoms with Gasteiger partial charge in [-0.1, -0.05) is 0 Å². The van der Waals surface area contributed by atoms with Crippen molar-refractivity contribution in [2.75, 3.05) is 18.9 Å². The first-order chi connectivity index (χ1) is 9.01. The Hall–Kier alpha value is -1.67. The van der Waals surface area contributed by atoms with E-state index in [2.05, 4.69) is 20.3 Å². The van der Waals surface area contributed by atoms with Crippen molar-refractivity contribution >= 4 is 21.7 Å². The highest BCUT2D eigenvalue weighted by atomic mass is 32.2. The van der Waals surface area contributed by atoms with Crippen molar-refractivity contribution in [3.63, 3.8) is 0 Å². The molecule has 1 fully saturated rings. The Kier molecular flexibility index (Phi) is 4.01. The molecule has 2 rings (SSSR count). The van der Waals surface area contributed by atoms with Crippen molar-refractivity contribution in [2.45, 2.75) is 23.8 Å². The molecule has 104 valence electrons. The van der Waals surface area contributed by atoms with Gasteiger partial charge in [0.05, 0.1) is 4.90 Å². The number of anilines is 1. The number of hydrogen-bond donors (Lipinski definition) is 3. The molecule has 3 N–H and O–H groups in total. The van der Waals surface area contributed by atoms with Crippen molar-refractivity contribution in [1.82, 2.24) is 15.0 Å². The Morgan fingerprint density at radius 1 is 1.47 bits per heavy atom. The van der Waals surface area contributed by atoms with E-state index in [1.54, 1.807) is 7.05 Å². The first-order valence-electron chi connectivity index (χ1n) is 5.94. The maximum absolute atomic E-state index is 12.2. The van der Waals surface area contributed by atoms with Gasteiger partial charge in [0.1, 0.15) is 5.82 Å². The number of carbonyl (C=O) groups excluding carboxylic acids is 1. The van der Waals surface area contributed by atoms with Crippen LogP contribution in [0.5, 0.6) is 0 Å². The molecule has 1 atom stereocenters. The zero-order valence-electron chi connectivity index (χ0n) is 10.5. The summed E-state index contributed by atoms with van der Waals surface area (Å²) in [6.45, 7) is 0.321. The zero-order chi connectivity index (χ0) is 13.9. The van der Waals surface area contributed by atoms with Crippen LogP contribution in [-0.2, 0) is 14.8 Å². The van der Waals surface area contributed by atoms with E-state index in [-0.39, 0.29) is 16.8 Å². The average Bonchev–Trinajstić information content (AvgIpc) is 2.41. The fraction of sp³-hybridized carbons (Fsp3) is 0.455. The summed E-state index contributed by atoms with van der Waals surface area (Å²) in [6.07, 6.45) is 2.28. The largest absolute Gasteiger partial charge is 0.373 e. The predicted molar refractivity (Wildman–Crippen MR) is 70.1 cm³/mol. The molecular weight excluding hydrogens is 268 g/mol. The van der Waals surface area contributed by atoms with E-state index >= 15 is 0 Å². The molecule has 0 spiro atoms. The SMILES string of the molecule is CNc1cc(S(=O)(=O)NC2CCC(=O)NC2)ccn1. The molecule has 1 aliphatic heterocycles. The van der Waals surface area contributed by atoms with Gasteiger partial charge in [0.2, 0.25) is 15.9 Å². The van der Waals surface area contributed by atoms with Crippen LogP contribution < -0.4 is 15.4 Å². The van der Waals surface area contributed by atoms with Crippen molar-refractivity contribution in [1.29, 1.82) is 0 Å². The second-order valence-electron chi connectivity index (χ2n) is 4.29. The lowest BCUT2D eigenvalue weighted by Crippen LogP contribution is -2.47. The third-order valence-corrected chi connectivity index (χ3v) is 4.40. The van der Waals surface area contributed by atoms with Gasteiger partial charge in [0.25, 0.3) is 0 Å². The molecule has 0 aromatic carbocycles. The Morgan fingerprint density at radius 3 is 2.89 bits per heavy atom. The fourth-order valence-electron chi connectivity index (χ4n) is 1.84. The highest BCUT2D eigenvalue weighted by Gasteiger charge is 2.24. The van der Waals surface area contributed by atoms with Crippen molar-refractivity contribution in [3.8, 4) is 0 Å². The minimum Gasteiger partial charge on any atom is -0.373 e. The second-order valence-corrected chi connectivity index (χ2v) is 6.00. The molecule has 8 heteroatoms. The third kappa shape index (κ3) is 3.42. The number of nitrogens with one attached hydrogen (secondary N) is 3. The van der Waals surface area contributed by atoms with E-state index in [9.17, 15) is 13.2 Å². The number of hydrogen-bond acceptors (Lipinski definition) is 5. The number of nitrogens with zero attached hydrogens (tertiary/aromatic N) is 1. The summed E-state index contributed by atoms with van der Waals surface area (Å²) in [5, 5.41) is 5.43. The molecule has 1 unspecified atom stereocenters. The van der Waals surface area contributed by atoms with Crippen LogP contribution in [0.4, 0.5) is 5.82 Å². The number of amides is 1. The van der Waals surface area contributed by atoms with Crippen LogP contribution in [0, 0.1) is 0 Å². The summed E-state index contributed by atoms with van der Waals surface area (Å²) < 4.78 is 26.9. The van der Waals surface area contributed by atoms with Crippen molar-refractivity contribution in [3.05, 3.63) is 18.3 Å². The van der Waals surface area contributed by atoms with E-state index in [0.29, 0.717) is 25.2 Å². The van der Waals surface area contributed by atoms with E-state index in [4.69, 9.17) is 0 Å². The van der Waals surface area contributed by atoms with Gasteiger partial charge in [0.15, 0.2) is 0 Å². The van der Waals surface area contributed by atoms with Gasteiger partial charge in [-0.25, -0.2) is 18.1 Å². The number of sulfonamides is 1. The normalized spacial score (nSPS) is 19.8. The molecule has 0 radical (unpaired) electrons. The lowest BCUT2D eigenvalue weighted by atomic mass is 10.1. The Balaban J connectivity index is 2.11. The van der Waals surface area contributed by atoms with Gasteiger partial charge in [-0.05, 0) is 12.5 Å². The topological polar surface area (TPSA) is 100 Å². The molecule has 7 nitrogen and oxygen atoms in total. The molecular formula is C11H16N4O3S. The maximum Gasteiger partial charge on any atom is 0.241 e. The number of carbonyl (C=O) groups is 1. The van der Waals surface area contributed by atoms with Gasteiger partial charge in [-0.15, -0.1) is 0 Å². The third-order valence-electron chi connectivity index (χ3n) is 2.89. The zero-order valence-corrected chi connectivity index (χ0v) is 11.3. The quantitative estimate of drug-likeness (QED) is 0.703. The lowest BCUT2D eigenvalue weighted by Gasteiger charge is -2.23. The molecule has 2 heterocycles. The molecule has 1 saturated heterocycles. The molecule has 1 aromatic rings.